The Hall–Kier alpha value is -6.12. The maximum atomic E-state index is 12.8. The van der Waals surface area contributed by atoms with Gasteiger partial charge in [-0.3, -0.25) is 0 Å². The number of hydrogen-bond acceptors (Lipinski definition) is 12. The molecule has 2 aliphatic heterocycles. The molecule has 0 aliphatic carbocycles. The van der Waals surface area contributed by atoms with Crippen LogP contribution in [0.5, 0.6) is 46.0 Å². The molecule has 0 amide bonds. The predicted octanol–water partition coefficient (Wildman–Crippen LogP) is 7.45. The second-order valence-corrected chi connectivity index (χ2v) is 17.4. The Morgan fingerprint density at radius 2 is 0.818 bits per heavy atom. The van der Waals surface area contributed by atoms with Crippen molar-refractivity contribution >= 4 is 11.9 Å². The van der Waals surface area contributed by atoms with Crippen LogP contribution >= 0.6 is 0 Å². The first-order valence-corrected chi connectivity index (χ1v) is 22.5. The number of carbonyl (C=O) groups excluding carboxylic acids is 2. The van der Waals surface area contributed by atoms with Gasteiger partial charge >= 0.3 is 11.9 Å². The van der Waals surface area contributed by atoms with E-state index in [1.165, 1.54) is 22.3 Å². The molecule has 66 heavy (non-hydrogen) atoms. The number of esters is 2. The molecule has 0 aromatic heterocycles. The molecule has 4 aromatic rings. The Morgan fingerprint density at radius 1 is 0.485 bits per heavy atom. The zero-order chi connectivity index (χ0) is 47.4. The van der Waals surface area contributed by atoms with E-state index in [1.54, 1.807) is 56.9 Å². The van der Waals surface area contributed by atoms with E-state index in [2.05, 4.69) is 50.5 Å². The predicted molar refractivity (Wildman–Crippen MR) is 251 cm³/mol. The summed E-state index contributed by atoms with van der Waals surface area (Å²) in [7, 11) is 17.7. The number of carbonyl (C=O) groups is 2. The van der Waals surface area contributed by atoms with Gasteiger partial charge in [0.05, 0.1) is 110 Å². The van der Waals surface area contributed by atoms with Crippen molar-refractivity contribution in [3.8, 4) is 46.0 Å². The van der Waals surface area contributed by atoms with Gasteiger partial charge in [-0.05, 0) is 70.8 Å². The monoisotopic (exact) mass is 912 g/mol. The van der Waals surface area contributed by atoms with E-state index >= 15 is 0 Å². The number of ether oxygens (including phenoxy) is 10. The van der Waals surface area contributed by atoms with Crippen LogP contribution in [0.1, 0.15) is 58.3 Å². The molecule has 1 unspecified atom stereocenters. The van der Waals surface area contributed by atoms with Gasteiger partial charge in [-0.1, -0.05) is 12.1 Å². The van der Waals surface area contributed by atoms with Crippen LogP contribution in [0.15, 0.2) is 72.8 Å². The van der Waals surface area contributed by atoms with Crippen LogP contribution in [0.4, 0.5) is 0 Å². The summed E-state index contributed by atoms with van der Waals surface area (Å²) in [6.07, 6.45) is 6.73. The van der Waals surface area contributed by atoms with E-state index in [-0.39, 0.29) is 25.3 Å². The van der Waals surface area contributed by atoms with E-state index in [4.69, 9.17) is 47.4 Å². The van der Waals surface area contributed by atoms with Crippen molar-refractivity contribution in [2.45, 2.75) is 50.6 Å². The summed E-state index contributed by atoms with van der Waals surface area (Å²) in [5.74, 6) is 4.31. The SMILES string of the molecule is COc1ccc(CC2c3cc(OC)c(OC)cc3CC[N@@+]2(C)CCCOC(=O)/C=C/C(=O)OCCC[N@+]2(C)CCc3cc(OC)c(OC)cc3[C@H]2Cc2ccc(OC)c(OC)c2)cc1OC. The zero-order valence-corrected chi connectivity index (χ0v) is 40.4. The second kappa shape index (κ2) is 22.4. The largest absolute Gasteiger partial charge is 0.493 e. The van der Waals surface area contributed by atoms with Crippen LogP contribution in [0.25, 0.3) is 0 Å². The van der Waals surface area contributed by atoms with Crippen molar-refractivity contribution in [1.82, 2.24) is 0 Å². The summed E-state index contributed by atoms with van der Waals surface area (Å²) in [5, 5.41) is 0. The van der Waals surface area contributed by atoms with Crippen LogP contribution in [-0.4, -0.2) is 131 Å². The molecule has 2 aliphatic rings. The average Bonchev–Trinajstić information content (AvgIpc) is 3.34. The van der Waals surface area contributed by atoms with Crippen LogP contribution in [0.3, 0.4) is 0 Å². The number of benzene rings is 4. The minimum atomic E-state index is -0.590. The molecule has 14 heteroatoms. The molecule has 14 nitrogen and oxygen atoms in total. The Morgan fingerprint density at radius 3 is 1.17 bits per heavy atom. The number of methoxy groups -OCH3 is 8. The first kappa shape index (κ1) is 49.3. The third-order valence-corrected chi connectivity index (χ3v) is 13.5. The summed E-state index contributed by atoms with van der Waals surface area (Å²) in [6.45, 7) is 3.69. The van der Waals surface area contributed by atoms with E-state index in [0.29, 0.717) is 58.8 Å². The number of rotatable bonds is 22. The molecule has 6 rings (SSSR count). The number of likely N-dealkylation sites (N-methyl/N-ethyl adjacent to an activating group) is 2. The molecule has 0 radical (unpaired) electrons. The topological polar surface area (TPSA) is 126 Å². The van der Waals surface area contributed by atoms with Crippen molar-refractivity contribution < 1.29 is 65.9 Å². The summed E-state index contributed by atoms with van der Waals surface area (Å²) in [4.78, 5) is 25.6. The van der Waals surface area contributed by atoms with E-state index in [1.807, 2.05) is 24.3 Å². The smallest absolute Gasteiger partial charge is 0.331 e. The summed E-state index contributed by atoms with van der Waals surface area (Å²) in [5.41, 5.74) is 7.06. The fourth-order valence-corrected chi connectivity index (χ4v) is 9.75. The maximum Gasteiger partial charge on any atom is 0.331 e. The van der Waals surface area contributed by atoms with Crippen LogP contribution in [0.2, 0.25) is 0 Å². The normalized spacial score (nSPS) is 19.8. The minimum Gasteiger partial charge on any atom is -0.493 e. The Labute approximate surface area is 390 Å². The summed E-state index contributed by atoms with van der Waals surface area (Å²) >= 11 is 0. The van der Waals surface area contributed by atoms with Crippen molar-refractivity contribution in [2.75, 3.05) is 110 Å². The molecule has 2 heterocycles. The quantitative estimate of drug-likeness (QED) is 0.0337. The van der Waals surface area contributed by atoms with Crippen molar-refractivity contribution in [1.29, 1.82) is 0 Å². The molecule has 0 saturated heterocycles. The number of fused-ring (bicyclic) bond motifs is 2. The molecular formula is C52H68N2O12+2. The zero-order valence-electron chi connectivity index (χ0n) is 40.4. The molecule has 0 N–H and O–H groups in total. The van der Waals surface area contributed by atoms with Gasteiger partial charge in [-0.15, -0.1) is 0 Å². The van der Waals surface area contributed by atoms with E-state index in [0.717, 1.165) is 84.1 Å². The van der Waals surface area contributed by atoms with Crippen LogP contribution in [0, 0.1) is 0 Å². The fraction of sp³-hybridized carbons (Fsp3) is 0.462. The molecule has 0 spiro atoms. The molecule has 356 valence electrons. The highest BCUT2D eigenvalue weighted by Crippen LogP contribution is 2.45. The first-order valence-electron chi connectivity index (χ1n) is 22.5. The lowest BCUT2D eigenvalue weighted by Gasteiger charge is -2.46. The highest BCUT2D eigenvalue weighted by Gasteiger charge is 2.41. The Bertz CT molecular complexity index is 2190. The molecule has 4 atom stereocenters. The molecule has 0 bridgehead atoms. The van der Waals surface area contributed by atoms with Gasteiger partial charge in [0.15, 0.2) is 46.0 Å². The highest BCUT2D eigenvalue weighted by molar-refractivity contribution is 5.91. The van der Waals surface area contributed by atoms with E-state index in [9.17, 15) is 9.59 Å². The molecule has 0 saturated carbocycles. The maximum absolute atomic E-state index is 12.8. The average molecular weight is 913 g/mol. The summed E-state index contributed by atoms with van der Waals surface area (Å²) < 4.78 is 57.7. The van der Waals surface area contributed by atoms with Gasteiger partial charge < -0.3 is 56.3 Å². The Balaban J connectivity index is 1.04. The third-order valence-electron chi connectivity index (χ3n) is 13.5. The lowest BCUT2D eigenvalue weighted by atomic mass is 9.86. The van der Waals surface area contributed by atoms with Gasteiger partial charge in [0.2, 0.25) is 0 Å². The Kier molecular flexibility index (Phi) is 16.7. The van der Waals surface area contributed by atoms with Gasteiger partial charge in [0.1, 0.15) is 12.1 Å². The van der Waals surface area contributed by atoms with E-state index < -0.39 is 11.9 Å². The summed E-state index contributed by atoms with van der Waals surface area (Å²) in [6, 6.07) is 20.6. The number of hydrogen-bond donors (Lipinski definition) is 0. The van der Waals surface area contributed by atoms with Gasteiger partial charge in [0, 0.05) is 61.8 Å². The molecule has 0 fully saturated rings. The van der Waals surface area contributed by atoms with Gasteiger partial charge in [-0.2, -0.15) is 0 Å². The molecule has 4 aromatic carbocycles. The lowest BCUT2D eigenvalue weighted by molar-refractivity contribution is -0.941. The van der Waals surface area contributed by atoms with Crippen LogP contribution < -0.4 is 37.9 Å². The van der Waals surface area contributed by atoms with Gasteiger partial charge in [0.25, 0.3) is 0 Å². The van der Waals surface area contributed by atoms with Crippen molar-refractivity contribution in [2.24, 2.45) is 0 Å². The van der Waals surface area contributed by atoms with Crippen LogP contribution in [-0.2, 0) is 44.7 Å². The van der Waals surface area contributed by atoms with Gasteiger partial charge in [-0.25, -0.2) is 9.59 Å². The third kappa shape index (κ3) is 11.3. The fourth-order valence-electron chi connectivity index (χ4n) is 9.75. The minimum absolute atomic E-state index is 0.0726. The second-order valence-electron chi connectivity index (χ2n) is 17.4. The first-order chi connectivity index (χ1) is 31.9. The number of nitrogens with zero attached hydrogens (tertiary/aromatic N) is 2. The van der Waals surface area contributed by atoms with Crippen molar-refractivity contribution in [3.05, 3.63) is 106 Å². The number of quaternary nitrogens is 2. The lowest BCUT2D eigenvalue weighted by Crippen LogP contribution is -2.52. The standard InChI is InChI=1S/C52H68N2O12/c1-53(23-19-37-31-47(61-7)49(63-9)33-39(37)41(53)27-35-13-15-43(57-3)45(29-35)59-5)21-11-25-65-51(55)17-18-52(56)66-26-12-22-54(2)24-20-38-32-48(62-8)50(64-10)34-40(38)42(54)28-36-14-16-44(58-4)46(30-36)60-6/h13-18,29-34,41-42H,11-12,19-28H2,1-10H3/q+2/b18-17+/t41-,42?,53-,54-/m1/s1. The molecular weight excluding hydrogens is 845 g/mol. The van der Waals surface area contributed by atoms with Crippen molar-refractivity contribution in [3.63, 3.8) is 0 Å². The highest BCUT2D eigenvalue weighted by atomic mass is 16.5.